The van der Waals surface area contributed by atoms with E-state index in [1.807, 2.05) is 6.07 Å². The summed E-state index contributed by atoms with van der Waals surface area (Å²) in [5.41, 5.74) is 0.0689. The average Bonchev–Trinajstić information content (AvgIpc) is 3.00. The Bertz CT molecular complexity index is 1820. The van der Waals surface area contributed by atoms with E-state index in [2.05, 4.69) is 16.6 Å². The van der Waals surface area contributed by atoms with E-state index in [1.165, 1.54) is 12.1 Å². The minimum Gasteiger partial charge on any atom is -0.429 e. The van der Waals surface area contributed by atoms with Crippen LogP contribution in [0.25, 0.3) is 33.5 Å². The van der Waals surface area contributed by atoms with Gasteiger partial charge in [0.05, 0.1) is 11.3 Å². The molecular formula is C35H25F8NO. The van der Waals surface area contributed by atoms with Gasteiger partial charge in [0.2, 0.25) is 0 Å². The summed E-state index contributed by atoms with van der Waals surface area (Å²) in [7, 11) is 0. The normalized spacial score (nSPS) is 11.6. The molecule has 1 heterocycles. The number of hydrogen-bond acceptors (Lipinski definition) is 2. The number of ether oxygens (including phenoxy) is 1. The Labute approximate surface area is 254 Å². The second kappa shape index (κ2) is 13.1. The molecular weight excluding hydrogens is 602 g/mol. The molecule has 0 bridgehead atoms. The van der Waals surface area contributed by atoms with Crippen LogP contribution in [0.5, 0.6) is 5.75 Å². The summed E-state index contributed by atoms with van der Waals surface area (Å²) in [5, 5.41) is 0. The van der Waals surface area contributed by atoms with Crippen molar-refractivity contribution in [3.8, 4) is 39.3 Å². The number of benzene rings is 4. The number of unbranched alkanes of at least 4 members (excludes halogenated alkanes) is 2. The summed E-state index contributed by atoms with van der Waals surface area (Å²) in [6.45, 7) is 2.12. The summed E-state index contributed by atoms with van der Waals surface area (Å²) < 4.78 is 120. The molecule has 0 aliphatic heterocycles. The minimum absolute atomic E-state index is 0.00973. The Balaban J connectivity index is 1.32. The molecule has 0 aliphatic rings. The van der Waals surface area contributed by atoms with Crippen LogP contribution in [0.4, 0.5) is 35.1 Å². The number of rotatable bonds is 10. The van der Waals surface area contributed by atoms with Gasteiger partial charge in [0.1, 0.15) is 23.2 Å². The number of nitrogens with zero attached hydrogens (tertiary/aromatic N) is 1. The molecule has 0 atom stereocenters. The largest absolute Gasteiger partial charge is 0.429 e. The van der Waals surface area contributed by atoms with Crippen LogP contribution in [-0.2, 0) is 12.5 Å². The lowest BCUT2D eigenvalue weighted by Gasteiger charge is -2.20. The van der Waals surface area contributed by atoms with Gasteiger partial charge >= 0.3 is 6.11 Å². The number of aromatic nitrogens is 1. The van der Waals surface area contributed by atoms with Crippen LogP contribution in [-0.4, -0.2) is 4.98 Å². The number of alkyl halides is 2. The zero-order chi connectivity index (χ0) is 32.3. The van der Waals surface area contributed by atoms with Gasteiger partial charge in [-0.3, -0.25) is 4.98 Å². The molecule has 0 fully saturated rings. The lowest BCUT2D eigenvalue weighted by atomic mass is 9.99. The van der Waals surface area contributed by atoms with Crippen LogP contribution in [0.2, 0.25) is 0 Å². The van der Waals surface area contributed by atoms with E-state index in [1.54, 1.807) is 18.3 Å². The standard InChI is InChI=1S/C35H25F8NO/c1-2-3-4-5-20-6-13-33(44-19-20)22-7-10-25(28(36)15-22)21-8-12-27(30(38)14-21)35(42,43)45-24-9-11-26(29(37)18-24)23-16-31(39)34(41)32(40)17-23/h6-19H,2-5H2,1H3. The van der Waals surface area contributed by atoms with Gasteiger partial charge in [-0.15, -0.1) is 0 Å². The van der Waals surface area contributed by atoms with Crippen LogP contribution in [0.1, 0.15) is 37.3 Å². The predicted octanol–water partition coefficient (Wildman–Crippen LogP) is 10.8. The smallest absolute Gasteiger partial charge is 0.429 e. The predicted molar refractivity (Wildman–Crippen MR) is 154 cm³/mol. The third kappa shape index (κ3) is 7.00. The lowest BCUT2D eigenvalue weighted by molar-refractivity contribution is -0.187. The van der Waals surface area contributed by atoms with Gasteiger partial charge in [-0.05, 0) is 78.1 Å². The molecule has 5 aromatic rings. The van der Waals surface area contributed by atoms with Crippen molar-refractivity contribution in [1.29, 1.82) is 0 Å². The first-order valence-electron chi connectivity index (χ1n) is 14.0. The van der Waals surface area contributed by atoms with Crippen molar-refractivity contribution in [2.24, 2.45) is 0 Å². The summed E-state index contributed by atoms with van der Waals surface area (Å²) in [6, 6.07) is 13.9. The van der Waals surface area contributed by atoms with E-state index in [0.29, 0.717) is 29.5 Å². The van der Waals surface area contributed by atoms with Crippen molar-refractivity contribution in [2.75, 3.05) is 0 Å². The topological polar surface area (TPSA) is 22.1 Å². The Kier molecular flexibility index (Phi) is 9.22. The van der Waals surface area contributed by atoms with Gasteiger partial charge in [-0.25, -0.2) is 26.3 Å². The molecule has 1 aromatic heterocycles. The molecule has 4 aromatic carbocycles. The Morgan fingerprint density at radius 3 is 1.87 bits per heavy atom. The molecule has 0 saturated carbocycles. The summed E-state index contributed by atoms with van der Waals surface area (Å²) >= 11 is 0. The van der Waals surface area contributed by atoms with Crippen molar-refractivity contribution in [3.63, 3.8) is 0 Å². The molecule has 5 rings (SSSR count). The number of aryl methyl sites for hydroxylation is 1. The maximum absolute atomic E-state index is 15.1. The van der Waals surface area contributed by atoms with Crippen molar-refractivity contribution >= 4 is 0 Å². The second-order valence-corrected chi connectivity index (χ2v) is 10.4. The fourth-order valence-electron chi connectivity index (χ4n) is 4.86. The van der Waals surface area contributed by atoms with Crippen LogP contribution >= 0.6 is 0 Å². The Hall–Kier alpha value is -4.73. The van der Waals surface area contributed by atoms with Crippen molar-refractivity contribution in [1.82, 2.24) is 4.98 Å². The zero-order valence-electron chi connectivity index (χ0n) is 23.8. The van der Waals surface area contributed by atoms with Crippen molar-refractivity contribution in [3.05, 3.63) is 131 Å². The van der Waals surface area contributed by atoms with Gasteiger partial charge in [0.15, 0.2) is 17.5 Å². The average molecular weight is 628 g/mol. The van der Waals surface area contributed by atoms with Gasteiger partial charge in [0, 0.05) is 29.0 Å². The summed E-state index contributed by atoms with van der Waals surface area (Å²) in [5.74, 6) is -8.93. The maximum Gasteiger partial charge on any atom is 0.429 e. The van der Waals surface area contributed by atoms with E-state index < -0.39 is 57.9 Å². The molecule has 232 valence electrons. The fourth-order valence-corrected chi connectivity index (χ4v) is 4.86. The van der Waals surface area contributed by atoms with E-state index in [4.69, 9.17) is 0 Å². The first-order chi connectivity index (χ1) is 21.5. The first kappa shape index (κ1) is 31.7. The molecule has 0 amide bonds. The SMILES string of the molecule is CCCCCc1ccc(-c2ccc(-c3ccc(C(F)(F)Oc4ccc(-c5cc(F)c(F)c(F)c5)c(F)c4)c(F)c3)c(F)c2)nc1. The van der Waals surface area contributed by atoms with Crippen molar-refractivity contribution in [2.45, 2.75) is 38.7 Å². The Morgan fingerprint density at radius 1 is 0.622 bits per heavy atom. The molecule has 0 radical (unpaired) electrons. The highest BCUT2D eigenvalue weighted by molar-refractivity contribution is 5.70. The third-order valence-electron chi connectivity index (χ3n) is 7.23. The fraction of sp³-hybridized carbons (Fsp3) is 0.171. The minimum atomic E-state index is -4.29. The highest BCUT2D eigenvalue weighted by Crippen LogP contribution is 2.37. The highest BCUT2D eigenvalue weighted by Gasteiger charge is 2.38. The van der Waals surface area contributed by atoms with E-state index in [0.717, 1.165) is 61.6 Å². The van der Waals surface area contributed by atoms with Crippen LogP contribution < -0.4 is 4.74 Å². The molecule has 0 aliphatic carbocycles. The molecule has 45 heavy (non-hydrogen) atoms. The van der Waals surface area contributed by atoms with Gasteiger partial charge < -0.3 is 4.74 Å². The molecule has 0 spiro atoms. The summed E-state index contributed by atoms with van der Waals surface area (Å²) in [6.07, 6.45) is 1.61. The molecule has 10 heteroatoms. The van der Waals surface area contributed by atoms with Crippen molar-refractivity contribution < 1.29 is 39.9 Å². The third-order valence-corrected chi connectivity index (χ3v) is 7.23. The zero-order valence-corrected chi connectivity index (χ0v) is 23.8. The number of pyridine rings is 1. The molecule has 0 saturated heterocycles. The number of hydrogen-bond donors (Lipinski definition) is 0. The number of halogens is 8. The van der Waals surface area contributed by atoms with E-state index in [-0.39, 0.29) is 16.7 Å². The molecule has 0 unspecified atom stereocenters. The maximum atomic E-state index is 15.1. The van der Waals surface area contributed by atoms with Gasteiger partial charge in [-0.1, -0.05) is 44.0 Å². The summed E-state index contributed by atoms with van der Waals surface area (Å²) in [4.78, 5) is 4.40. The van der Waals surface area contributed by atoms with Crippen LogP contribution in [0.15, 0.2) is 85.1 Å². The van der Waals surface area contributed by atoms with Gasteiger partial charge in [-0.2, -0.15) is 8.78 Å². The van der Waals surface area contributed by atoms with Gasteiger partial charge in [0.25, 0.3) is 0 Å². The van der Waals surface area contributed by atoms with Crippen LogP contribution in [0, 0.1) is 34.9 Å². The molecule has 2 nitrogen and oxygen atoms in total. The second-order valence-electron chi connectivity index (χ2n) is 10.4. The Morgan fingerprint density at radius 2 is 1.24 bits per heavy atom. The molecule has 0 N–H and O–H groups in total. The van der Waals surface area contributed by atoms with E-state index in [9.17, 15) is 30.7 Å². The van der Waals surface area contributed by atoms with Crippen LogP contribution in [0.3, 0.4) is 0 Å². The lowest BCUT2D eigenvalue weighted by Crippen LogP contribution is -2.23. The highest BCUT2D eigenvalue weighted by atomic mass is 19.3. The monoisotopic (exact) mass is 627 g/mol. The quantitative estimate of drug-likeness (QED) is 0.0873. The first-order valence-corrected chi connectivity index (χ1v) is 14.0. The van der Waals surface area contributed by atoms with E-state index >= 15 is 4.39 Å².